The van der Waals surface area contributed by atoms with Crippen molar-refractivity contribution in [1.29, 1.82) is 0 Å². The molecule has 0 fully saturated rings. The second-order valence-electron chi connectivity index (χ2n) is 7.00. The van der Waals surface area contributed by atoms with Gasteiger partial charge in [-0.15, -0.1) is 11.3 Å². The Labute approximate surface area is 188 Å². The van der Waals surface area contributed by atoms with Crippen LogP contribution in [0.4, 0.5) is 0 Å². The average molecular weight is 451 g/mol. The van der Waals surface area contributed by atoms with Gasteiger partial charge in [0.2, 0.25) is 5.91 Å². The number of carbonyl (C=O) groups is 1. The van der Waals surface area contributed by atoms with Crippen molar-refractivity contribution in [1.82, 2.24) is 19.9 Å². The summed E-state index contributed by atoms with van der Waals surface area (Å²) in [6.45, 7) is 2.79. The maximum absolute atomic E-state index is 13.2. The molecule has 1 atom stereocenters. The van der Waals surface area contributed by atoms with Crippen molar-refractivity contribution in [3.8, 4) is 0 Å². The first-order chi connectivity index (χ1) is 15.2. The van der Waals surface area contributed by atoms with Gasteiger partial charge in [0, 0.05) is 18.9 Å². The summed E-state index contributed by atoms with van der Waals surface area (Å²) in [5.41, 5.74) is 2.55. The molecule has 0 aliphatic rings. The Morgan fingerprint density at radius 3 is 2.71 bits per heavy atom. The van der Waals surface area contributed by atoms with Crippen molar-refractivity contribution < 1.29 is 4.79 Å². The molecule has 0 bridgehead atoms. The number of nitrogens with one attached hydrogen (secondary N) is 1. The van der Waals surface area contributed by atoms with Crippen LogP contribution >= 0.6 is 23.1 Å². The van der Waals surface area contributed by atoms with Crippen molar-refractivity contribution in [2.75, 3.05) is 0 Å². The molecule has 1 amide bonds. The fraction of sp³-hybridized carbons (Fsp3) is 0.217. The molecule has 0 aliphatic heterocycles. The number of benzene rings is 1. The van der Waals surface area contributed by atoms with Crippen LogP contribution in [-0.4, -0.2) is 25.7 Å². The molecule has 4 rings (SSSR count). The van der Waals surface area contributed by atoms with Crippen LogP contribution in [-0.2, 0) is 17.9 Å². The van der Waals surface area contributed by atoms with Crippen molar-refractivity contribution in [2.24, 2.45) is 0 Å². The fourth-order valence-electron chi connectivity index (χ4n) is 3.17. The average Bonchev–Trinajstić information content (AvgIpc) is 3.28. The Bertz CT molecular complexity index is 1220. The monoisotopic (exact) mass is 450 g/mol. The van der Waals surface area contributed by atoms with Crippen molar-refractivity contribution >= 4 is 39.2 Å². The predicted molar refractivity (Wildman–Crippen MR) is 125 cm³/mol. The normalized spacial score (nSPS) is 12.0. The molecule has 6 nitrogen and oxygen atoms in total. The Morgan fingerprint density at radius 2 is 1.97 bits per heavy atom. The van der Waals surface area contributed by atoms with E-state index in [-0.39, 0.29) is 16.7 Å². The Hall–Kier alpha value is -2.97. The van der Waals surface area contributed by atoms with Gasteiger partial charge in [-0.05, 0) is 35.1 Å². The molecule has 0 saturated carbocycles. The Kier molecular flexibility index (Phi) is 6.79. The summed E-state index contributed by atoms with van der Waals surface area (Å²) in [7, 11) is 0. The molecule has 31 heavy (non-hydrogen) atoms. The van der Waals surface area contributed by atoms with E-state index in [1.54, 1.807) is 17.0 Å². The van der Waals surface area contributed by atoms with Gasteiger partial charge in [-0.1, -0.05) is 55.1 Å². The number of pyridine rings is 1. The van der Waals surface area contributed by atoms with E-state index in [9.17, 15) is 9.59 Å². The molecule has 3 heterocycles. The highest BCUT2D eigenvalue weighted by atomic mass is 32.2. The number of hydrogen-bond donors (Lipinski definition) is 1. The highest BCUT2D eigenvalue weighted by Gasteiger charge is 2.22. The summed E-state index contributed by atoms with van der Waals surface area (Å²) >= 11 is 2.73. The number of nitrogens with zero attached hydrogens (tertiary/aromatic N) is 3. The van der Waals surface area contributed by atoms with Crippen molar-refractivity contribution in [3.63, 3.8) is 0 Å². The van der Waals surface area contributed by atoms with E-state index in [2.05, 4.69) is 10.3 Å². The minimum absolute atomic E-state index is 0.0722. The maximum Gasteiger partial charge on any atom is 0.272 e. The van der Waals surface area contributed by atoms with Gasteiger partial charge < -0.3 is 5.32 Å². The molecule has 8 heteroatoms. The van der Waals surface area contributed by atoms with Crippen LogP contribution in [0.5, 0.6) is 0 Å². The molecule has 158 valence electrons. The van der Waals surface area contributed by atoms with Crippen LogP contribution in [0.15, 0.2) is 76.3 Å². The van der Waals surface area contributed by atoms with E-state index in [1.165, 1.54) is 23.1 Å². The van der Waals surface area contributed by atoms with E-state index in [4.69, 9.17) is 4.98 Å². The predicted octanol–water partition coefficient (Wildman–Crippen LogP) is 4.09. The summed E-state index contributed by atoms with van der Waals surface area (Å²) in [4.78, 5) is 34.8. The zero-order valence-corrected chi connectivity index (χ0v) is 18.7. The SMILES string of the molecule is CCC(Sc1nc2ccsc2c(=O)n1Cc1ccccc1)C(=O)NCc1cccnc1. The van der Waals surface area contributed by atoms with Gasteiger partial charge in [0.25, 0.3) is 5.56 Å². The van der Waals surface area contributed by atoms with Gasteiger partial charge in [0.05, 0.1) is 17.3 Å². The van der Waals surface area contributed by atoms with Crippen LogP contribution in [0, 0.1) is 0 Å². The lowest BCUT2D eigenvalue weighted by Crippen LogP contribution is -2.33. The molecule has 4 aromatic rings. The molecule has 1 aromatic carbocycles. The Morgan fingerprint density at radius 1 is 1.16 bits per heavy atom. The van der Waals surface area contributed by atoms with Gasteiger partial charge in [-0.25, -0.2) is 4.98 Å². The van der Waals surface area contributed by atoms with Crippen LogP contribution < -0.4 is 10.9 Å². The van der Waals surface area contributed by atoms with Crippen LogP contribution in [0.2, 0.25) is 0 Å². The highest BCUT2D eigenvalue weighted by Crippen LogP contribution is 2.27. The maximum atomic E-state index is 13.2. The topological polar surface area (TPSA) is 76.9 Å². The number of amides is 1. The van der Waals surface area contributed by atoms with Gasteiger partial charge in [0.1, 0.15) is 4.70 Å². The molecule has 1 unspecified atom stereocenters. The van der Waals surface area contributed by atoms with Crippen molar-refractivity contribution in [3.05, 3.63) is 87.8 Å². The summed E-state index contributed by atoms with van der Waals surface area (Å²) in [5.74, 6) is -0.0812. The van der Waals surface area contributed by atoms with Crippen LogP contribution in [0.25, 0.3) is 10.2 Å². The molecule has 1 N–H and O–H groups in total. The summed E-state index contributed by atoms with van der Waals surface area (Å²) in [6, 6.07) is 15.4. The molecule has 0 radical (unpaired) electrons. The molecule has 0 aliphatic carbocycles. The molecular formula is C23H22N4O2S2. The Balaban J connectivity index is 1.60. The zero-order valence-electron chi connectivity index (χ0n) is 17.0. The number of rotatable bonds is 8. The molecule has 0 saturated heterocycles. The summed E-state index contributed by atoms with van der Waals surface area (Å²) in [6.07, 6.45) is 4.05. The first kappa shape index (κ1) is 21.3. The van der Waals surface area contributed by atoms with E-state index in [1.807, 2.05) is 60.8 Å². The molecule has 0 spiro atoms. The van der Waals surface area contributed by atoms with Crippen molar-refractivity contribution in [2.45, 2.75) is 36.8 Å². The molecule has 3 aromatic heterocycles. The van der Waals surface area contributed by atoms with Crippen LogP contribution in [0.1, 0.15) is 24.5 Å². The first-order valence-corrected chi connectivity index (χ1v) is 11.8. The quantitative estimate of drug-likeness (QED) is 0.323. The fourth-order valence-corrected chi connectivity index (χ4v) is 4.99. The lowest BCUT2D eigenvalue weighted by molar-refractivity contribution is -0.120. The minimum Gasteiger partial charge on any atom is -0.351 e. The van der Waals surface area contributed by atoms with Crippen LogP contribution in [0.3, 0.4) is 0 Å². The second kappa shape index (κ2) is 9.89. The minimum atomic E-state index is -0.360. The smallest absolute Gasteiger partial charge is 0.272 e. The number of aromatic nitrogens is 3. The van der Waals surface area contributed by atoms with E-state index >= 15 is 0 Å². The standard InChI is InChI=1S/C23H22N4O2S2/c1-2-19(21(28)25-14-17-9-6-11-24-13-17)31-23-26-18-10-12-30-20(18)22(29)27(23)15-16-7-4-3-5-8-16/h3-13,19H,2,14-15H2,1H3,(H,25,28). The van der Waals surface area contributed by atoms with Gasteiger partial charge in [-0.2, -0.15) is 0 Å². The lowest BCUT2D eigenvalue weighted by Gasteiger charge is -2.17. The number of thiophene rings is 1. The first-order valence-electron chi connectivity index (χ1n) is 10.0. The summed E-state index contributed by atoms with van der Waals surface area (Å²) < 4.78 is 2.31. The van der Waals surface area contributed by atoms with E-state index in [0.29, 0.717) is 34.9 Å². The number of thioether (sulfide) groups is 1. The highest BCUT2D eigenvalue weighted by molar-refractivity contribution is 8.00. The lowest BCUT2D eigenvalue weighted by atomic mass is 10.2. The third-order valence-corrected chi connectivity index (χ3v) is 7.06. The number of fused-ring (bicyclic) bond motifs is 1. The molecular weight excluding hydrogens is 428 g/mol. The summed E-state index contributed by atoms with van der Waals surface area (Å²) in [5, 5.41) is 5.05. The third-order valence-electron chi connectivity index (χ3n) is 4.81. The third kappa shape index (κ3) is 5.03. The van der Waals surface area contributed by atoms with Gasteiger partial charge in [-0.3, -0.25) is 19.1 Å². The number of carbonyl (C=O) groups excluding carboxylic acids is 1. The van der Waals surface area contributed by atoms with Gasteiger partial charge >= 0.3 is 0 Å². The van der Waals surface area contributed by atoms with E-state index < -0.39 is 0 Å². The van der Waals surface area contributed by atoms with Gasteiger partial charge in [0.15, 0.2) is 5.16 Å². The largest absolute Gasteiger partial charge is 0.351 e. The zero-order chi connectivity index (χ0) is 21.6. The van der Waals surface area contributed by atoms with E-state index in [0.717, 1.165) is 11.1 Å². The second-order valence-corrected chi connectivity index (χ2v) is 9.09. The number of hydrogen-bond acceptors (Lipinski definition) is 6.